The van der Waals surface area contributed by atoms with Crippen molar-refractivity contribution in [1.29, 1.82) is 0 Å². The number of aromatic nitrogens is 3. The normalized spacial score (nSPS) is 13.2. The van der Waals surface area contributed by atoms with E-state index < -0.39 is 0 Å². The van der Waals surface area contributed by atoms with Gasteiger partial charge in [0.05, 0.1) is 24.0 Å². The molecule has 33 heavy (non-hydrogen) atoms. The third kappa shape index (κ3) is 4.31. The molecule has 1 aliphatic heterocycles. The smallest absolute Gasteiger partial charge is 0.223 e. The Balaban J connectivity index is 1.50. The van der Waals surface area contributed by atoms with E-state index in [1.165, 1.54) is 18.3 Å². The Labute approximate surface area is 195 Å². The number of nitrogens with one attached hydrogen (secondary N) is 1. The van der Waals surface area contributed by atoms with Gasteiger partial charge in [-0.15, -0.1) is 0 Å². The number of ether oxygens (including phenoxy) is 2. The highest BCUT2D eigenvalue weighted by Gasteiger charge is 2.21. The van der Waals surface area contributed by atoms with Crippen LogP contribution in [0.3, 0.4) is 0 Å². The van der Waals surface area contributed by atoms with E-state index in [1.807, 2.05) is 37.3 Å². The monoisotopic (exact) mass is 461 g/mol. The molecule has 0 fully saturated rings. The van der Waals surface area contributed by atoms with Crippen LogP contribution in [-0.2, 0) is 11.3 Å². The molecule has 0 saturated heterocycles. The Morgan fingerprint density at radius 1 is 1.21 bits per heavy atom. The van der Waals surface area contributed by atoms with Crippen LogP contribution < -0.4 is 19.7 Å². The highest BCUT2D eigenvalue weighted by Crippen LogP contribution is 2.35. The molecule has 1 amide bonds. The fourth-order valence-corrected chi connectivity index (χ4v) is 4.78. The minimum atomic E-state index is -0.133. The Kier molecular flexibility index (Phi) is 5.55. The zero-order valence-corrected chi connectivity index (χ0v) is 19.4. The number of nitrogens with zero attached hydrogens (tertiary/aromatic N) is 4. The predicted octanol–water partition coefficient (Wildman–Crippen LogP) is 4.43. The first-order valence-electron chi connectivity index (χ1n) is 10.6. The first-order valence-corrected chi connectivity index (χ1v) is 11.4. The zero-order valence-electron chi connectivity index (χ0n) is 18.6. The average molecular weight is 462 g/mol. The van der Waals surface area contributed by atoms with Crippen LogP contribution in [-0.4, -0.2) is 41.1 Å². The second-order valence-electron chi connectivity index (χ2n) is 7.78. The van der Waals surface area contributed by atoms with Gasteiger partial charge in [-0.3, -0.25) is 4.79 Å². The van der Waals surface area contributed by atoms with Gasteiger partial charge in [-0.25, -0.2) is 15.0 Å². The number of benzene rings is 2. The number of carbonyl (C=O) groups is 1. The lowest BCUT2D eigenvalue weighted by Crippen LogP contribution is -2.26. The first kappa shape index (κ1) is 21.1. The average Bonchev–Trinajstić information content (AvgIpc) is 3.15. The van der Waals surface area contributed by atoms with Gasteiger partial charge in [-0.1, -0.05) is 11.3 Å². The molecule has 0 aliphatic carbocycles. The molecule has 0 unspecified atom stereocenters. The largest absolute Gasteiger partial charge is 0.497 e. The van der Waals surface area contributed by atoms with Crippen LogP contribution in [0.4, 0.5) is 10.9 Å². The van der Waals surface area contributed by atoms with Gasteiger partial charge in [0.1, 0.15) is 29.7 Å². The van der Waals surface area contributed by atoms with Gasteiger partial charge in [0, 0.05) is 36.7 Å². The van der Waals surface area contributed by atoms with Crippen LogP contribution in [0.15, 0.2) is 42.6 Å². The summed E-state index contributed by atoms with van der Waals surface area (Å²) in [6.45, 7) is 5.29. The number of hydrogen-bond acceptors (Lipinski definition) is 8. The van der Waals surface area contributed by atoms with Crippen LogP contribution in [0, 0.1) is 6.92 Å². The van der Waals surface area contributed by atoms with E-state index in [1.54, 1.807) is 13.3 Å². The quantitative estimate of drug-likeness (QED) is 0.481. The summed E-state index contributed by atoms with van der Waals surface area (Å²) >= 11 is 1.44. The summed E-state index contributed by atoms with van der Waals surface area (Å²) < 4.78 is 11.4. The fraction of sp³-hybridized carbons (Fsp3) is 0.250. The molecule has 1 N–H and O–H groups in total. The summed E-state index contributed by atoms with van der Waals surface area (Å²) in [4.78, 5) is 28.2. The van der Waals surface area contributed by atoms with Crippen LogP contribution in [0.25, 0.3) is 21.3 Å². The predicted molar refractivity (Wildman–Crippen MR) is 129 cm³/mol. The maximum absolute atomic E-state index is 11.3. The second kappa shape index (κ2) is 8.67. The Morgan fingerprint density at radius 3 is 2.91 bits per heavy atom. The lowest BCUT2D eigenvalue weighted by Gasteiger charge is -2.23. The number of rotatable bonds is 4. The van der Waals surface area contributed by atoms with E-state index in [0.29, 0.717) is 30.7 Å². The number of carbonyl (C=O) groups excluding carboxylic acids is 1. The summed E-state index contributed by atoms with van der Waals surface area (Å²) in [5.41, 5.74) is 2.95. The van der Waals surface area contributed by atoms with Crippen molar-refractivity contribution < 1.29 is 14.3 Å². The van der Waals surface area contributed by atoms with Crippen molar-refractivity contribution in [2.24, 2.45) is 0 Å². The summed E-state index contributed by atoms with van der Waals surface area (Å²) in [7, 11) is 1.65. The molecule has 0 bridgehead atoms. The maximum Gasteiger partial charge on any atom is 0.223 e. The molecule has 0 spiro atoms. The molecule has 9 heteroatoms. The third-order valence-corrected chi connectivity index (χ3v) is 6.37. The molecule has 3 heterocycles. The summed E-state index contributed by atoms with van der Waals surface area (Å²) in [5.74, 6) is 3.09. The molecule has 0 saturated carbocycles. The van der Waals surface area contributed by atoms with Crippen molar-refractivity contribution in [3.63, 3.8) is 0 Å². The number of aryl methyl sites for hydroxylation is 1. The van der Waals surface area contributed by atoms with Crippen molar-refractivity contribution in [1.82, 2.24) is 15.0 Å². The van der Waals surface area contributed by atoms with Crippen LogP contribution in [0.2, 0.25) is 0 Å². The van der Waals surface area contributed by atoms with Gasteiger partial charge in [-0.05, 0) is 42.8 Å². The minimum Gasteiger partial charge on any atom is -0.497 e. The Hall–Kier alpha value is -3.72. The van der Waals surface area contributed by atoms with Gasteiger partial charge >= 0.3 is 0 Å². The third-order valence-electron chi connectivity index (χ3n) is 5.41. The number of methoxy groups -OCH3 is 1. The molecule has 8 nitrogen and oxygen atoms in total. The molecule has 168 valence electrons. The van der Waals surface area contributed by atoms with Gasteiger partial charge in [-0.2, -0.15) is 0 Å². The Morgan fingerprint density at radius 2 is 2.09 bits per heavy atom. The zero-order chi connectivity index (χ0) is 22.9. The lowest BCUT2D eigenvalue weighted by molar-refractivity contribution is -0.114. The molecular weight excluding hydrogens is 438 g/mol. The van der Waals surface area contributed by atoms with E-state index >= 15 is 0 Å². The van der Waals surface area contributed by atoms with Gasteiger partial charge < -0.3 is 19.7 Å². The molecule has 5 rings (SSSR count). The van der Waals surface area contributed by atoms with E-state index in [-0.39, 0.29) is 5.91 Å². The Bertz CT molecular complexity index is 1350. The number of amides is 1. The number of anilines is 2. The highest BCUT2D eigenvalue weighted by molar-refractivity contribution is 7.19. The first-order chi connectivity index (χ1) is 16.0. The maximum atomic E-state index is 11.3. The van der Waals surface area contributed by atoms with E-state index in [9.17, 15) is 4.79 Å². The van der Waals surface area contributed by atoms with Crippen LogP contribution >= 0.6 is 11.3 Å². The topological polar surface area (TPSA) is 89.5 Å². The van der Waals surface area contributed by atoms with Crippen molar-refractivity contribution >= 4 is 39.1 Å². The number of fused-ring (bicyclic) bond motifs is 2. The molecule has 2 aromatic heterocycles. The van der Waals surface area contributed by atoms with Gasteiger partial charge in [0.25, 0.3) is 0 Å². The van der Waals surface area contributed by atoms with Crippen molar-refractivity contribution in [3.05, 3.63) is 54.0 Å². The number of thiazole rings is 1. The second-order valence-corrected chi connectivity index (χ2v) is 8.81. The van der Waals surface area contributed by atoms with Crippen LogP contribution in [0.1, 0.15) is 18.3 Å². The fourth-order valence-electron chi connectivity index (χ4n) is 3.92. The number of hydrogen-bond donors (Lipinski definition) is 1. The van der Waals surface area contributed by atoms with Gasteiger partial charge in [0.15, 0.2) is 5.13 Å². The van der Waals surface area contributed by atoms with Crippen molar-refractivity contribution in [2.75, 3.05) is 30.5 Å². The van der Waals surface area contributed by atoms with Crippen molar-refractivity contribution in [3.8, 4) is 21.9 Å². The SMILES string of the molecule is COc1ccc2c(N3CCOc4ccc(-c5cnc(NC(C)=O)s5)cc4C3)nc(C)nc2c1. The molecule has 4 aromatic rings. The molecule has 0 atom stereocenters. The standard InChI is InChI=1S/C24H23N5O3S/c1-14-26-20-11-18(31-3)5-6-19(20)23(27-14)29-8-9-32-21-7-4-16(10-17(21)13-29)22-12-25-24(33-22)28-15(2)30/h4-7,10-12H,8-9,13H2,1-3H3,(H,25,28,30). The van der Waals surface area contributed by atoms with Gasteiger partial charge in [0.2, 0.25) is 5.91 Å². The summed E-state index contributed by atoms with van der Waals surface area (Å²) in [5, 5.41) is 4.30. The van der Waals surface area contributed by atoms with E-state index in [0.717, 1.165) is 44.2 Å². The minimum absolute atomic E-state index is 0.133. The van der Waals surface area contributed by atoms with E-state index in [4.69, 9.17) is 14.5 Å². The van der Waals surface area contributed by atoms with Crippen LogP contribution in [0.5, 0.6) is 11.5 Å². The molecule has 1 aliphatic rings. The molecular formula is C24H23N5O3S. The lowest BCUT2D eigenvalue weighted by atomic mass is 10.1. The highest BCUT2D eigenvalue weighted by atomic mass is 32.1. The molecule has 2 aromatic carbocycles. The summed E-state index contributed by atoms with van der Waals surface area (Å²) in [6.07, 6.45) is 1.78. The van der Waals surface area contributed by atoms with E-state index in [2.05, 4.69) is 26.3 Å². The molecule has 0 radical (unpaired) electrons. The van der Waals surface area contributed by atoms with Crippen molar-refractivity contribution in [2.45, 2.75) is 20.4 Å². The summed E-state index contributed by atoms with van der Waals surface area (Å²) in [6, 6.07) is 12.0.